The molecule has 0 atom stereocenters. The van der Waals surface area contributed by atoms with Gasteiger partial charge in [0.15, 0.2) is 6.61 Å². The molecule has 0 radical (unpaired) electrons. The van der Waals surface area contributed by atoms with Crippen LogP contribution in [-0.4, -0.2) is 36.9 Å². The van der Waals surface area contributed by atoms with Crippen LogP contribution in [0.5, 0.6) is 0 Å². The Morgan fingerprint density at radius 1 is 1.26 bits per heavy atom. The van der Waals surface area contributed by atoms with E-state index in [9.17, 15) is 0 Å². The van der Waals surface area contributed by atoms with Crippen molar-refractivity contribution in [2.24, 2.45) is 10.6 Å². The molecule has 0 bridgehead atoms. The van der Waals surface area contributed by atoms with Gasteiger partial charge in [0, 0.05) is 12.0 Å². The van der Waals surface area contributed by atoms with Gasteiger partial charge in [-0.2, -0.15) is 0 Å². The summed E-state index contributed by atoms with van der Waals surface area (Å²) in [5.41, 5.74) is 3.38. The van der Waals surface area contributed by atoms with E-state index < -0.39 is 0 Å². The number of nitrogens with zero attached hydrogens (tertiary/aromatic N) is 2. The third-order valence-corrected chi connectivity index (χ3v) is 4.26. The summed E-state index contributed by atoms with van der Waals surface area (Å²) < 4.78 is 5.68. The summed E-state index contributed by atoms with van der Waals surface area (Å²) in [5.74, 6) is 7.18. The van der Waals surface area contributed by atoms with Crippen molar-refractivity contribution in [1.29, 1.82) is 0 Å². The average molecular weight is 316 g/mol. The smallest absolute Gasteiger partial charge is 0.177 e. The number of fused-ring (bicyclic) bond motifs is 1. The van der Waals surface area contributed by atoms with Crippen LogP contribution in [0.1, 0.15) is 51.0 Å². The van der Waals surface area contributed by atoms with Crippen molar-refractivity contribution in [2.45, 2.75) is 47.5 Å². The Morgan fingerprint density at radius 3 is 2.70 bits per heavy atom. The number of aryl methyl sites for hydroxylation is 1. The Balaban J connectivity index is 1.97. The average Bonchev–Trinajstić information content (AvgIpc) is 2.86. The summed E-state index contributed by atoms with van der Waals surface area (Å²) in [5, 5.41) is 4.35. The maximum Gasteiger partial charge on any atom is 0.177 e. The molecule has 0 fully saturated rings. The second-order valence-corrected chi connectivity index (χ2v) is 6.86. The van der Waals surface area contributed by atoms with Crippen LogP contribution in [0.4, 0.5) is 0 Å². The summed E-state index contributed by atoms with van der Waals surface area (Å²) in [6.07, 6.45) is 3.65. The molecular formula is C19H28N2O2. The molecule has 126 valence electrons. The predicted octanol–water partition coefficient (Wildman–Crippen LogP) is 3.63. The molecule has 1 aliphatic rings. The van der Waals surface area contributed by atoms with Crippen LogP contribution in [-0.2, 0) is 11.3 Å². The van der Waals surface area contributed by atoms with E-state index in [2.05, 4.69) is 56.5 Å². The van der Waals surface area contributed by atoms with Gasteiger partial charge >= 0.3 is 0 Å². The topological polar surface area (TPSA) is 38.0 Å². The van der Waals surface area contributed by atoms with Gasteiger partial charge in [0.05, 0.1) is 18.5 Å². The van der Waals surface area contributed by atoms with E-state index in [1.807, 2.05) is 6.26 Å². The van der Waals surface area contributed by atoms with Crippen LogP contribution < -0.4 is 0 Å². The molecule has 0 amide bonds. The monoisotopic (exact) mass is 316 g/mol. The number of furan rings is 1. The normalized spacial score (nSPS) is 17.7. The van der Waals surface area contributed by atoms with E-state index >= 15 is 0 Å². The first kappa shape index (κ1) is 17.6. The summed E-state index contributed by atoms with van der Waals surface area (Å²) in [6.45, 7) is 14.0. The van der Waals surface area contributed by atoms with E-state index in [1.165, 1.54) is 0 Å². The fourth-order valence-electron chi connectivity index (χ4n) is 2.94. The Bertz CT molecular complexity index is 613. The van der Waals surface area contributed by atoms with E-state index in [1.54, 1.807) is 0 Å². The highest BCUT2D eigenvalue weighted by atomic mass is 16.6. The SMILES string of the molecule is CCN(CC)CC#CCO/N=C1\CC(C)(C)Cc2occ(C)c21. The maximum atomic E-state index is 5.68. The molecule has 0 spiro atoms. The molecule has 1 aromatic heterocycles. The van der Waals surface area contributed by atoms with Gasteiger partial charge in [0.2, 0.25) is 0 Å². The Morgan fingerprint density at radius 2 is 2.00 bits per heavy atom. The molecule has 0 saturated carbocycles. The van der Waals surface area contributed by atoms with E-state index in [4.69, 9.17) is 9.25 Å². The minimum Gasteiger partial charge on any atom is -0.468 e. The zero-order valence-corrected chi connectivity index (χ0v) is 15.0. The molecule has 0 saturated heterocycles. The lowest BCUT2D eigenvalue weighted by Crippen LogP contribution is -2.27. The summed E-state index contributed by atoms with van der Waals surface area (Å²) in [6, 6.07) is 0. The molecule has 0 aliphatic heterocycles. The number of hydrogen-bond acceptors (Lipinski definition) is 4. The first-order valence-electron chi connectivity index (χ1n) is 8.41. The first-order chi connectivity index (χ1) is 11.0. The van der Waals surface area contributed by atoms with Gasteiger partial charge in [0.1, 0.15) is 5.76 Å². The van der Waals surface area contributed by atoms with Crippen molar-refractivity contribution >= 4 is 5.71 Å². The van der Waals surface area contributed by atoms with Crippen molar-refractivity contribution < 1.29 is 9.25 Å². The Labute approximate surface area is 139 Å². The van der Waals surface area contributed by atoms with E-state index in [0.717, 1.165) is 55.1 Å². The van der Waals surface area contributed by atoms with Gasteiger partial charge in [0.25, 0.3) is 0 Å². The van der Waals surface area contributed by atoms with Crippen LogP contribution >= 0.6 is 0 Å². The van der Waals surface area contributed by atoms with Crippen molar-refractivity contribution in [2.75, 3.05) is 26.2 Å². The van der Waals surface area contributed by atoms with Crippen LogP contribution in [0.25, 0.3) is 0 Å². The lowest BCUT2D eigenvalue weighted by atomic mass is 9.75. The molecule has 0 N–H and O–H groups in total. The number of rotatable bonds is 5. The molecule has 23 heavy (non-hydrogen) atoms. The molecule has 2 rings (SSSR count). The van der Waals surface area contributed by atoms with Gasteiger partial charge in [-0.15, -0.1) is 0 Å². The van der Waals surface area contributed by atoms with Crippen LogP contribution in [0.3, 0.4) is 0 Å². The minimum absolute atomic E-state index is 0.147. The lowest BCUT2D eigenvalue weighted by Gasteiger charge is -2.29. The van der Waals surface area contributed by atoms with Crippen molar-refractivity contribution in [3.8, 4) is 11.8 Å². The first-order valence-corrected chi connectivity index (χ1v) is 8.41. The Kier molecular flexibility index (Phi) is 5.90. The highest BCUT2D eigenvalue weighted by Crippen LogP contribution is 2.37. The van der Waals surface area contributed by atoms with Gasteiger partial charge in [-0.05, 0) is 37.4 Å². The molecule has 4 heteroatoms. The fraction of sp³-hybridized carbons (Fsp3) is 0.632. The van der Waals surface area contributed by atoms with E-state index in [-0.39, 0.29) is 5.41 Å². The molecular weight excluding hydrogens is 288 g/mol. The van der Waals surface area contributed by atoms with Crippen LogP contribution in [0, 0.1) is 24.2 Å². The highest BCUT2D eigenvalue weighted by molar-refractivity contribution is 6.03. The zero-order valence-electron chi connectivity index (χ0n) is 15.0. The lowest BCUT2D eigenvalue weighted by molar-refractivity contribution is 0.176. The number of oxime groups is 1. The third-order valence-electron chi connectivity index (χ3n) is 4.26. The standard InChI is InChI=1S/C19H28N2O2/c1-6-21(7-2)10-8-9-11-23-20-16-12-19(4,5)13-17-18(16)15(3)14-22-17/h14H,6-7,10-13H2,1-5H3/b20-16+. The van der Waals surface area contributed by atoms with Crippen molar-refractivity contribution in [3.05, 3.63) is 23.2 Å². The molecule has 1 aliphatic carbocycles. The molecule has 1 aromatic rings. The van der Waals surface area contributed by atoms with Gasteiger partial charge < -0.3 is 9.25 Å². The second-order valence-electron chi connectivity index (χ2n) is 6.86. The van der Waals surface area contributed by atoms with Crippen LogP contribution in [0.15, 0.2) is 15.8 Å². The fourth-order valence-corrected chi connectivity index (χ4v) is 2.94. The minimum atomic E-state index is 0.147. The summed E-state index contributed by atoms with van der Waals surface area (Å²) >= 11 is 0. The predicted molar refractivity (Wildman–Crippen MR) is 93.6 cm³/mol. The quantitative estimate of drug-likeness (QED) is 0.473. The van der Waals surface area contributed by atoms with Gasteiger partial charge in [-0.3, -0.25) is 4.90 Å². The highest BCUT2D eigenvalue weighted by Gasteiger charge is 2.33. The molecule has 0 aromatic carbocycles. The second kappa shape index (κ2) is 7.70. The maximum absolute atomic E-state index is 5.68. The molecule has 1 heterocycles. The summed E-state index contributed by atoms with van der Waals surface area (Å²) in [4.78, 5) is 7.72. The zero-order chi connectivity index (χ0) is 16.9. The van der Waals surface area contributed by atoms with Crippen molar-refractivity contribution in [1.82, 2.24) is 4.90 Å². The third kappa shape index (κ3) is 4.62. The van der Waals surface area contributed by atoms with Gasteiger partial charge in [-0.1, -0.05) is 44.7 Å². The number of hydrogen-bond donors (Lipinski definition) is 0. The van der Waals surface area contributed by atoms with Crippen LogP contribution in [0.2, 0.25) is 0 Å². The summed E-state index contributed by atoms with van der Waals surface area (Å²) in [7, 11) is 0. The molecule has 0 unspecified atom stereocenters. The van der Waals surface area contributed by atoms with E-state index in [0.29, 0.717) is 6.61 Å². The van der Waals surface area contributed by atoms with Crippen molar-refractivity contribution in [3.63, 3.8) is 0 Å². The Hall–Kier alpha value is -1.73. The van der Waals surface area contributed by atoms with Gasteiger partial charge in [-0.25, -0.2) is 0 Å². The molecule has 4 nitrogen and oxygen atoms in total. The largest absolute Gasteiger partial charge is 0.468 e.